The SMILES string of the molecule is CC(C)[Si](OCCCI)C(C)C. The zero-order chi connectivity index (χ0) is 9.56. The third-order valence-electron chi connectivity index (χ3n) is 1.68. The van der Waals surface area contributed by atoms with Gasteiger partial charge in [0, 0.05) is 11.0 Å². The first-order chi connectivity index (χ1) is 5.59. The van der Waals surface area contributed by atoms with Gasteiger partial charge in [-0.3, -0.25) is 0 Å². The summed E-state index contributed by atoms with van der Waals surface area (Å²) >= 11 is 2.40. The van der Waals surface area contributed by atoms with Gasteiger partial charge in [0.05, 0.1) is 0 Å². The molecule has 0 rings (SSSR count). The monoisotopic (exact) mass is 299 g/mol. The summed E-state index contributed by atoms with van der Waals surface area (Å²) in [5.74, 6) is 0. The second-order valence-electron chi connectivity index (χ2n) is 3.60. The van der Waals surface area contributed by atoms with Crippen LogP contribution in [0, 0.1) is 0 Å². The Labute approximate surface area is 92.1 Å². The Morgan fingerprint density at radius 3 is 2.00 bits per heavy atom. The molecule has 0 bridgehead atoms. The van der Waals surface area contributed by atoms with Crippen LogP contribution in [0.4, 0.5) is 0 Å². The Hall–Kier alpha value is 0.907. The van der Waals surface area contributed by atoms with Crippen LogP contribution in [0.1, 0.15) is 34.1 Å². The molecule has 0 unspecified atom stereocenters. The van der Waals surface area contributed by atoms with E-state index in [0.29, 0.717) is 0 Å². The molecule has 1 radical (unpaired) electrons. The van der Waals surface area contributed by atoms with Crippen molar-refractivity contribution < 1.29 is 4.43 Å². The summed E-state index contributed by atoms with van der Waals surface area (Å²) in [5, 5.41) is 0. The normalized spacial score (nSPS) is 12.0. The fraction of sp³-hybridized carbons (Fsp3) is 1.00. The molecule has 0 fully saturated rings. The second kappa shape index (κ2) is 7.32. The van der Waals surface area contributed by atoms with Crippen molar-refractivity contribution in [3.05, 3.63) is 0 Å². The quantitative estimate of drug-likeness (QED) is 0.315. The molecule has 0 N–H and O–H groups in total. The molecule has 0 aliphatic heterocycles. The molecule has 0 spiro atoms. The van der Waals surface area contributed by atoms with E-state index in [1.807, 2.05) is 0 Å². The molecule has 0 heterocycles. The van der Waals surface area contributed by atoms with Crippen LogP contribution < -0.4 is 0 Å². The van der Waals surface area contributed by atoms with Gasteiger partial charge in [0.1, 0.15) is 0 Å². The van der Waals surface area contributed by atoms with Crippen LogP contribution in [0.25, 0.3) is 0 Å². The van der Waals surface area contributed by atoms with Crippen molar-refractivity contribution in [1.29, 1.82) is 0 Å². The van der Waals surface area contributed by atoms with Gasteiger partial charge in [0.2, 0.25) is 9.04 Å². The molecule has 0 atom stereocenters. The van der Waals surface area contributed by atoms with Gasteiger partial charge in [-0.1, -0.05) is 50.3 Å². The molecule has 0 aromatic carbocycles. The predicted octanol–water partition coefficient (Wildman–Crippen LogP) is 3.64. The van der Waals surface area contributed by atoms with E-state index in [2.05, 4.69) is 50.3 Å². The first-order valence-electron chi connectivity index (χ1n) is 4.65. The number of hydrogen-bond donors (Lipinski definition) is 0. The molecule has 73 valence electrons. The maximum atomic E-state index is 5.90. The summed E-state index contributed by atoms with van der Waals surface area (Å²) < 4.78 is 7.11. The van der Waals surface area contributed by atoms with E-state index in [0.717, 1.165) is 17.7 Å². The molecule has 0 amide bonds. The highest BCUT2D eigenvalue weighted by Crippen LogP contribution is 2.20. The standard InChI is InChI=1S/C9H20IOSi/c1-8(2)12(9(3)4)11-7-5-6-10/h8-9H,5-7H2,1-4H3. The summed E-state index contributed by atoms with van der Waals surface area (Å²) in [6.45, 7) is 10.1. The van der Waals surface area contributed by atoms with E-state index in [1.54, 1.807) is 0 Å². The number of alkyl halides is 1. The van der Waals surface area contributed by atoms with Crippen LogP contribution in [-0.4, -0.2) is 20.1 Å². The van der Waals surface area contributed by atoms with Crippen LogP contribution in [0.2, 0.25) is 11.1 Å². The van der Waals surface area contributed by atoms with E-state index in [-0.39, 0.29) is 0 Å². The van der Waals surface area contributed by atoms with E-state index < -0.39 is 9.04 Å². The van der Waals surface area contributed by atoms with Crippen LogP contribution in [0.3, 0.4) is 0 Å². The maximum absolute atomic E-state index is 5.90. The predicted molar refractivity (Wildman–Crippen MR) is 65.4 cm³/mol. The minimum atomic E-state index is -0.554. The van der Waals surface area contributed by atoms with Gasteiger partial charge in [0.25, 0.3) is 0 Å². The van der Waals surface area contributed by atoms with E-state index in [9.17, 15) is 0 Å². The Kier molecular flexibility index (Phi) is 7.88. The molecule has 0 aliphatic carbocycles. The zero-order valence-electron chi connectivity index (χ0n) is 8.56. The second-order valence-corrected chi connectivity index (χ2v) is 8.08. The molecular formula is C9H20IOSi. The van der Waals surface area contributed by atoms with E-state index >= 15 is 0 Å². The van der Waals surface area contributed by atoms with Crippen molar-refractivity contribution in [2.75, 3.05) is 11.0 Å². The lowest BCUT2D eigenvalue weighted by Gasteiger charge is -2.21. The highest BCUT2D eigenvalue weighted by Gasteiger charge is 2.21. The fourth-order valence-electron chi connectivity index (χ4n) is 1.24. The molecule has 1 nitrogen and oxygen atoms in total. The van der Waals surface area contributed by atoms with Crippen molar-refractivity contribution in [3.63, 3.8) is 0 Å². The maximum Gasteiger partial charge on any atom is 0.216 e. The van der Waals surface area contributed by atoms with Gasteiger partial charge in [0.15, 0.2) is 0 Å². The van der Waals surface area contributed by atoms with Crippen LogP contribution >= 0.6 is 22.6 Å². The van der Waals surface area contributed by atoms with Gasteiger partial charge < -0.3 is 4.43 Å². The molecular weight excluding hydrogens is 279 g/mol. The van der Waals surface area contributed by atoms with E-state index in [4.69, 9.17) is 4.43 Å². The fourth-order valence-corrected chi connectivity index (χ4v) is 3.94. The van der Waals surface area contributed by atoms with Gasteiger partial charge in [-0.25, -0.2) is 0 Å². The topological polar surface area (TPSA) is 9.23 Å². The Morgan fingerprint density at radius 2 is 1.67 bits per heavy atom. The number of halogens is 1. The molecule has 0 aromatic heterocycles. The van der Waals surface area contributed by atoms with Crippen LogP contribution in [0.15, 0.2) is 0 Å². The highest BCUT2D eigenvalue weighted by molar-refractivity contribution is 14.1. The van der Waals surface area contributed by atoms with Crippen molar-refractivity contribution in [1.82, 2.24) is 0 Å². The van der Waals surface area contributed by atoms with Crippen molar-refractivity contribution >= 4 is 31.6 Å². The summed E-state index contributed by atoms with van der Waals surface area (Å²) in [4.78, 5) is 0. The Bertz CT molecular complexity index is 98.7. The lowest BCUT2D eigenvalue weighted by Crippen LogP contribution is -2.26. The van der Waals surface area contributed by atoms with E-state index in [1.165, 1.54) is 10.8 Å². The van der Waals surface area contributed by atoms with Gasteiger partial charge in [-0.15, -0.1) is 0 Å². The average molecular weight is 299 g/mol. The van der Waals surface area contributed by atoms with Crippen molar-refractivity contribution in [3.8, 4) is 0 Å². The average Bonchev–Trinajstić information content (AvgIpc) is 1.96. The molecule has 0 saturated heterocycles. The smallest absolute Gasteiger partial charge is 0.216 e. The first-order valence-corrected chi connectivity index (χ1v) is 7.74. The molecule has 0 saturated carbocycles. The Morgan fingerprint density at radius 1 is 1.17 bits per heavy atom. The summed E-state index contributed by atoms with van der Waals surface area (Å²) in [6, 6.07) is 0. The molecule has 0 aliphatic rings. The zero-order valence-corrected chi connectivity index (χ0v) is 11.7. The lowest BCUT2D eigenvalue weighted by atomic mass is 10.5. The largest absolute Gasteiger partial charge is 0.416 e. The summed E-state index contributed by atoms with van der Waals surface area (Å²) in [5.41, 5.74) is 1.48. The lowest BCUT2D eigenvalue weighted by molar-refractivity contribution is 0.309. The minimum absolute atomic E-state index is 0.554. The third-order valence-corrected chi connectivity index (χ3v) is 5.26. The summed E-state index contributed by atoms with van der Waals surface area (Å²) in [6.07, 6.45) is 1.20. The summed E-state index contributed by atoms with van der Waals surface area (Å²) in [7, 11) is -0.554. The first kappa shape index (κ1) is 12.9. The van der Waals surface area contributed by atoms with Gasteiger partial charge in [-0.05, 0) is 17.5 Å². The Balaban J connectivity index is 3.64. The van der Waals surface area contributed by atoms with Crippen molar-refractivity contribution in [2.24, 2.45) is 0 Å². The number of hydrogen-bond acceptors (Lipinski definition) is 1. The molecule has 0 aromatic rings. The van der Waals surface area contributed by atoms with Gasteiger partial charge in [-0.2, -0.15) is 0 Å². The highest BCUT2D eigenvalue weighted by atomic mass is 127. The van der Waals surface area contributed by atoms with Crippen molar-refractivity contribution in [2.45, 2.75) is 45.2 Å². The van der Waals surface area contributed by atoms with Gasteiger partial charge >= 0.3 is 0 Å². The third kappa shape index (κ3) is 5.53. The van der Waals surface area contributed by atoms with Crippen LogP contribution in [-0.2, 0) is 4.43 Å². The minimum Gasteiger partial charge on any atom is -0.416 e. The van der Waals surface area contributed by atoms with Crippen LogP contribution in [0.5, 0.6) is 0 Å². The molecule has 12 heavy (non-hydrogen) atoms. The number of rotatable bonds is 6. The molecule has 3 heteroatoms.